The molecule has 14 nitrogen and oxygen atoms in total. The fraction of sp³-hybridized carbons (Fsp3) is 0.462. The van der Waals surface area contributed by atoms with Crippen molar-refractivity contribution in [1.82, 2.24) is 34.6 Å². The molecule has 1 atom stereocenters. The number of hydrogen-bond acceptors (Lipinski definition) is 10. The Kier molecular flexibility index (Phi) is 8.08. The lowest BCUT2D eigenvalue weighted by Crippen LogP contribution is -2.60. The maximum absolute atomic E-state index is 13.3. The number of piperidine rings is 2. The largest absolute Gasteiger partial charge is 0.370 e. The quantitative estimate of drug-likeness (QED) is 0.266. The Bertz CT molecular complexity index is 2120. The predicted molar refractivity (Wildman–Crippen MR) is 199 cm³/mol. The molecule has 3 aromatic heterocycles. The fourth-order valence-electron chi connectivity index (χ4n) is 9.00. The van der Waals surface area contributed by atoms with Crippen LogP contribution >= 0.6 is 0 Å². The predicted octanol–water partition coefficient (Wildman–Crippen LogP) is 4.25. The standard InChI is InChI=1S/C39H44N10O4/c1-45(2)37(53)31-17-25-19-41-38(44-34(25)49(31)26-5-3-4-6-26)42-32-11-9-28(20-40-32)46-15-13-39(14-16-46)22-47(23-39)27-8-7-24-21-48(36(52)29(24)18-27)30-10-12-33(50)43-35(30)51/h7-9,11,17-20,26,30H,3-6,10,12-16,21-23H2,1-2H3,(H,43,50,51)(H,40,41,42,44)/t30-/m1/s1. The molecular formula is C39H44N10O4. The molecule has 1 spiro atoms. The smallest absolute Gasteiger partial charge is 0.270 e. The Balaban J connectivity index is 0.813. The molecule has 0 bridgehead atoms. The van der Waals surface area contributed by atoms with Crippen molar-refractivity contribution in [2.45, 2.75) is 70.0 Å². The molecule has 7 heterocycles. The van der Waals surface area contributed by atoms with Gasteiger partial charge in [-0.2, -0.15) is 4.98 Å². The van der Waals surface area contributed by atoms with E-state index in [4.69, 9.17) is 9.97 Å². The Morgan fingerprint density at radius 2 is 1.70 bits per heavy atom. The van der Waals surface area contributed by atoms with E-state index in [9.17, 15) is 19.2 Å². The molecule has 1 saturated carbocycles. The van der Waals surface area contributed by atoms with Crippen LogP contribution in [-0.2, 0) is 16.1 Å². The third-order valence-electron chi connectivity index (χ3n) is 12.0. The van der Waals surface area contributed by atoms with E-state index in [1.165, 1.54) is 0 Å². The van der Waals surface area contributed by atoms with Gasteiger partial charge in [0.25, 0.3) is 11.8 Å². The van der Waals surface area contributed by atoms with Crippen molar-refractivity contribution in [3.63, 3.8) is 0 Å². The maximum atomic E-state index is 13.3. The molecule has 4 aromatic rings. The first-order chi connectivity index (χ1) is 25.6. The highest BCUT2D eigenvalue weighted by atomic mass is 16.2. The Labute approximate surface area is 307 Å². The van der Waals surface area contributed by atoms with Crippen LogP contribution in [0, 0.1) is 5.41 Å². The lowest BCUT2D eigenvalue weighted by molar-refractivity contribution is -0.136. The van der Waals surface area contributed by atoms with Crippen LogP contribution < -0.4 is 20.4 Å². The number of aromatic nitrogens is 4. The molecule has 0 radical (unpaired) electrons. The van der Waals surface area contributed by atoms with Crippen LogP contribution in [0.15, 0.2) is 48.8 Å². The number of benzene rings is 1. The minimum atomic E-state index is -0.601. The molecule has 0 unspecified atom stereocenters. The highest BCUT2D eigenvalue weighted by molar-refractivity contribution is 6.05. The van der Waals surface area contributed by atoms with E-state index in [2.05, 4.69) is 42.1 Å². The van der Waals surface area contributed by atoms with Gasteiger partial charge in [0.2, 0.25) is 17.8 Å². The number of amides is 4. The van der Waals surface area contributed by atoms with Gasteiger partial charge in [0.15, 0.2) is 0 Å². The van der Waals surface area contributed by atoms with E-state index < -0.39 is 6.04 Å². The monoisotopic (exact) mass is 716 g/mol. The van der Waals surface area contributed by atoms with Crippen LogP contribution in [0.3, 0.4) is 0 Å². The number of nitrogens with zero attached hydrogens (tertiary/aromatic N) is 8. The summed E-state index contributed by atoms with van der Waals surface area (Å²) in [7, 11) is 3.55. The second kappa shape index (κ2) is 12.8. The summed E-state index contributed by atoms with van der Waals surface area (Å²) >= 11 is 0. The van der Waals surface area contributed by atoms with Gasteiger partial charge in [0.1, 0.15) is 23.2 Å². The van der Waals surface area contributed by atoms with Crippen molar-refractivity contribution in [2.75, 3.05) is 55.4 Å². The van der Waals surface area contributed by atoms with Gasteiger partial charge in [-0.25, -0.2) is 9.97 Å². The molecule has 4 amide bonds. The van der Waals surface area contributed by atoms with E-state index in [1.54, 1.807) is 30.1 Å². The third kappa shape index (κ3) is 5.93. The number of pyridine rings is 1. The van der Waals surface area contributed by atoms with Crippen molar-refractivity contribution in [2.24, 2.45) is 5.41 Å². The number of nitrogens with one attached hydrogen (secondary N) is 2. The summed E-state index contributed by atoms with van der Waals surface area (Å²) in [5.74, 6) is 0.285. The molecule has 9 rings (SSSR count). The second-order valence-corrected chi connectivity index (χ2v) is 15.6. The molecule has 14 heteroatoms. The first-order valence-corrected chi connectivity index (χ1v) is 18.7. The van der Waals surface area contributed by atoms with Gasteiger partial charge in [0.05, 0.1) is 11.9 Å². The molecule has 53 heavy (non-hydrogen) atoms. The van der Waals surface area contributed by atoms with Gasteiger partial charge < -0.3 is 29.5 Å². The minimum Gasteiger partial charge on any atom is -0.370 e. The summed E-state index contributed by atoms with van der Waals surface area (Å²) < 4.78 is 2.12. The van der Waals surface area contributed by atoms with Gasteiger partial charge in [-0.15, -0.1) is 0 Å². The lowest BCUT2D eigenvalue weighted by Gasteiger charge is -2.55. The van der Waals surface area contributed by atoms with Crippen LogP contribution in [-0.4, -0.2) is 99.3 Å². The molecule has 3 saturated heterocycles. The van der Waals surface area contributed by atoms with Gasteiger partial charge >= 0.3 is 0 Å². The van der Waals surface area contributed by atoms with Gasteiger partial charge in [-0.1, -0.05) is 18.9 Å². The van der Waals surface area contributed by atoms with Crippen LogP contribution in [0.1, 0.15) is 83.8 Å². The Morgan fingerprint density at radius 1 is 0.925 bits per heavy atom. The zero-order valence-corrected chi connectivity index (χ0v) is 30.2. The summed E-state index contributed by atoms with van der Waals surface area (Å²) in [6.45, 7) is 4.18. The number of carbonyl (C=O) groups is 4. The highest BCUT2D eigenvalue weighted by Gasteiger charge is 2.46. The number of hydrogen-bond donors (Lipinski definition) is 2. The molecular weight excluding hydrogens is 672 g/mol. The summed E-state index contributed by atoms with van der Waals surface area (Å²) in [4.78, 5) is 72.5. The SMILES string of the molecule is CN(C)C(=O)c1cc2cnc(Nc3ccc(N4CCC5(CC4)CN(c4ccc6c(c4)C(=O)N([C@@H]4CCC(=O)NC4=O)C6)C5)cn3)nc2n1C1CCCC1. The van der Waals surface area contributed by atoms with E-state index in [0.29, 0.717) is 36.0 Å². The van der Waals surface area contributed by atoms with E-state index in [0.717, 1.165) is 92.7 Å². The number of fused-ring (bicyclic) bond motifs is 2. The van der Waals surface area contributed by atoms with Gasteiger partial charge in [0, 0.05) is 87.5 Å². The van der Waals surface area contributed by atoms with E-state index >= 15 is 0 Å². The average molecular weight is 717 g/mol. The number of rotatable bonds is 7. The van der Waals surface area contributed by atoms with Crippen molar-refractivity contribution in [1.29, 1.82) is 0 Å². The van der Waals surface area contributed by atoms with E-state index in [1.807, 2.05) is 30.5 Å². The van der Waals surface area contributed by atoms with Crippen LogP contribution in [0.5, 0.6) is 0 Å². The van der Waals surface area contributed by atoms with Crippen molar-refractivity contribution in [3.8, 4) is 0 Å². The average Bonchev–Trinajstić information content (AvgIpc) is 3.88. The third-order valence-corrected chi connectivity index (χ3v) is 12.0. The number of carbonyl (C=O) groups excluding carboxylic acids is 4. The zero-order chi connectivity index (χ0) is 36.4. The van der Waals surface area contributed by atoms with Crippen molar-refractivity contribution in [3.05, 3.63) is 65.6 Å². The summed E-state index contributed by atoms with van der Waals surface area (Å²) in [6.07, 6.45) is 10.8. The van der Waals surface area contributed by atoms with Crippen LogP contribution in [0.25, 0.3) is 11.0 Å². The maximum Gasteiger partial charge on any atom is 0.270 e. The molecule has 274 valence electrons. The van der Waals surface area contributed by atoms with Crippen molar-refractivity contribution < 1.29 is 19.2 Å². The fourth-order valence-corrected chi connectivity index (χ4v) is 9.00. The second-order valence-electron chi connectivity index (χ2n) is 15.6. The summed E-state index contributed by atoms with van der Waals surface area (Å²) in [5, 5.41) is 6.51. The first-order valence-electron chi connectivity index (χ1n) is 18.7. The molecule has 4 fully saturated rings. The van der Waals surface area contributed by atoms with Crippen LogP contribution in [0.4, 0.5) is 23.1 Å². The van der Waals surface area contributed by atoms with E-state index in [-0.39, 0.29) is 41.5 Å². The Hall–Kier alpha value is -5.53. The Morgan fingerprint density at radius 3 is 2.42 bits per heavy atom. The number of imide groups is 1. The van der Waals surface area contributed by atoms with Crippen molar-refractivity contribution >= 4 is 57.8 Å². The number of anilines is 4. The molecule has 1 aromatic carbocycles. The molecule has 5 aliphatic rings. The molecule has 4 aliphatic heterocycles. The molecule has 2 N–H and O–H groups in total. The van der Waals surface area contributed by atoms with Crippen LogP contribution in [0.2, 0.25) is 0 Å². The minimum absolute atomic E-state index is 0.0294. The highest BCUT2D eigenvalue weighted by Crippen LogP contribution is 2.44. The summed E-state index contributed by atoms with van der Waals surface area (Å²) in [5.41, 5.74) is 5.38. The first kappa shape index (κ1) is 33.3. The summed E-state index contributed by atoms with van der Waals surface area (Å²) in [6, 6.07) is 11.7. The van der Waals surface area contributed by atoms with Gasteiger partial charge in [-0.3, -0.25) is 24.5 Å². The molecule has 1 aliphatic carbocycles. The topological polar surface area (TPSA) is 149 Å². The normalized spacial score (nSPS) is 21.3. The lowest BCUT2D eigenvalue weighted by atomic mass is 9.71. The zero-order valence-electron chi connectivity index (χ0n) is 30.2. The van der Waals surface area contributed by atoms with Gasteiger partial charge in [-0.05, 0) is 68.0 Å².